The van der Waals surface area contributed by atoms with Crippen LogP contribution >= 0.6 is 24.8 Å². The summed E-state index contributed by atoms with van der Waals surface area (Å²) < 4.78 is 1.69. The van der Waals surface area contributed by atoms with Crippen LogP contribution in [0.3, 0.4) is 0 Å². The molecule has 0 bridgehead atoms. The van der Waals surface area contributed by atoms with E-state index in [0.29, 0.717) is 12.6 Å². The first-order valence-electron chi connectivity index (χ1n) is 7.03. The molecule has 1 unspecified atom stereocenters. The molecule has 2 aliphatic rings. The first kappa shape index (κ1) is 18.2. The van der Waals surface area contributed by atoms with E-state index in [0.717, 1.165) is 45.7 Å². The van der Waals surface area contributed by atoms with Crippen molar-refractivity contribution in [2.75, 3.05) is 39.3 Å². The number of nitrogens with zero attached hydrogens (tertiary/aromatic N) is 4. The third kappa shape index (κ3) is 4.57. The predicted octanol–water partition coefficient (Wildman–Crippen LogP) is 0.233. The number of hydrogen-bond acceptors (Lipinski definition) is 4. The monoisotopic (exact) mass is 335 g/mol. The molecule has 6 nitrogen and oxygen atoms in total. The van der Waals surface area contributed by atoms with Gasteiger partial charge in [0.2, 0.25) is 5.91 Å². The number of carbonyl (C=O) groups excluding carboxylic acids is 1. The lowest BCUT2D eigenvalue weighted by Gasteiger charge is -2.32. The highest BCUT2D eigenvalue weighted by atomic mass is 35.5. The van der Waals surface area contributed by atoms with E-state index in [9.17, 15) is 4.79 Å². The molecule has 2 fully saturated rings. The summed E-state index contributed by atoms with van der Waals surface area (Å²) in [4.78, 5) is 16.7. The van der Waals surface area contributed by atoms with Gasteiger partial charge in [-0.1, -0.05) is 0 Å². The van der Waals surface area contributed by atoms with Gasteiger partial charge in [-0.25, -0.2) is 0 Å². The largest absolute Gasteiger partial charge is 0.339 e. The molecule has 2 aliphatic heterocycles. The number of rotatable bonds is 3. The van der Waals surface area contributed by atoms with Crippen LogP contribution in [-0.4, -0.2) is 70.8 Å². The minimum absolute atomic E-state index is 0. The van der Waals surface area contributed by atoms with Crippen molar-refractivity contribution in [1.82, 2.24) is 24.9 Å². The maximum atomic E-state index is 12.2. The fraction of sp³-hybridized carbons (Fsp3) is 0.692. The van der Waals surface area contributed by atoms with Gasteiger partial charge in [0.05, 0.1) is 0 Å². The second kappa shape index (κ2) is 8.58. The van der Waals surface area contributed by atoms with E-state index in [-0.39, 0.29) is 30.7 Å². The minimum Gasteiger partial charge on any atom is -0.339 e. The molecular weight excluding hydrogens is 313 g/mol. The number of amides is 1. The summed E-state index contributed by atoms with van der Waals surface area (Å²) in [5, 5.41) is 7.46. The van der Waals surface area contributed by atoms with Gasteiger partial charge in [-0.2, -0.15) is 5.10 Å². The number of hydrogen-bond donors (Lipinski definition) is 1. The Morgan fingerprint density at radius 1 is 1.24 bits per heavy atom. The van der Waals surface area contributed by atoms with Crippen LogP contribution < -0.4 is 5.32 Å². The summed E-state index contributed by atoms with van der Waals surface area (Å²) >= 11 is 0. The van der Waals surface area contributed by atoms with Crippen molar-refractivity contribution < 1.29 is 4.79 Å². The smallest absolute Gasteiger partial charge is 0.244 e. The van der Waals surface area contributed by atoms with Gasteiger partial charge in [0.1, 0.15) is 6.54 Å². The number of halogens is 2. The Morgan fingerprint density at radius 3 is 2.67 bits per heavy atom. The molecule has 1 atom stereocenters. The molecular formula is C13H23Cl2N5O. The molecule has 8 heteroatoms. The summed E-state index contributed by atoms with van der Waals surface area (Å²) in [6.07, 6.45) is 4.65. The van der Waals surface area contributed by atoms with Gasteiger partial charge in [-0.3, -0.25) is 14.4 Å². The van der Waals surface area contributed by atoms with Crippen molar-refractivity contribution in [3.63, 3.8) is 0 Å². The first-order valence-corrected chi connectivity index (χ1v) is 7.03. The van der Waals surface area contributed by atoms with Gasteiger partial charge >= 0.3 is 0 Å². The SMILES string of the molecule is Cl.Cl.O=C(Cn1cccn1)N1CCC(N2CCNCC2)C1. The van der Waals surface area contributed by atoms with Gasteiger partial charge in [-0.05, 0) is 12.5 Å². The molecule has 2 saturated heterocycles. The summed E-state index contributed by atoms with van der Waals surface area (Å²) in [6.45, 7) is 6.46. The van der Waals surface area contributed by atoms with Crippen molar-refractivity contribution in [3.05, 3.63) is 18.5 Å². The number of piperazine rings is 1. The van der Waals surface area contributed by atoms with Crippen LogP contribution in [0.25, 0.3) is 0 Å². The maximum absolute atomic E-state index is 12.2. The number of aromatic nitrogens is 2. The number of nitrogens with one attached hydrogen (secondary N) is 1. The van der Waals surface area contributed by atoms with Crippen molar-refractivity contribution in [2.45, 2.75) is 19.0 Å². The van der Waals surface area contributed by atoms with E-state index < -0.39 is 0 Å². The molecule has 3 heterocycles. The highest BCUT2D eigenvalue weighted by Crippen LogP contribution is 2.16. The van der Waals surface area contributed by atoms with Crippen molar-refractivity contribution >= 4 is 30.7 Å². The molecule has 0 spiro atoms. The van der Waals surface area contributed by atoms with Crippen LogP contribution in [0.4, 0.5) is 0 Å². The zero-order valence-corrected chi connectivity index (χ0v) is 13.6. The Balaban J connectivity index is 0.00000110. The zero-order chi connectivity index (χ0) is 13.1. The highest BCUT2D eigenvalue weighted by Gasteiger charge is 2.30. The van der Waals surface area contributed by atoms with Crippen molar-refractivity contribution in [3.8, 4) is 0 Å². The Kier molecular flexibility index (Phi) is 7.45. The standard InChI is InChI=1S/C13H21N5O.2ClH/c19-13(11-18-6-1-3-15-18)17-7-2-12(10-17)16-8-4-14-5-9-16;;/h1,3,6,12,14H,2,4-5,7-11H2;2*1H. The van der Waals surface area contributed by atoms with Crippen LogP contribution in [-0.2, 0) is 11.3 Å². The highest BCUT2D eigenvalue weighted by molar-refractivity contribution is 5.85. The van der Waals surface area contributed by atoms with E-state index in [1.54, 1.807) is 10.9 Å². The normalized spacial score (nSPS) is 22.5. The Hall–Kier alpha value is -0.820. The van der Waals surface area contributed by atoms with E-state index in [1.807, 2.05) is 17.2 Å². The van der Waals surface area contributed by atoms with Crippen LogP contribution in [0, 0.1) is 0 Å². The third-order valence-corrected chi connectivity index (χ3v) is 4.04. The lowest BCUT2D eigenvalue weighted by molar-refractivity contribution is -0.131. The van der Waals surface area contributed by atoms with Crippen LogP contribution in [0.1, 0.15) is 6.42 Å². The van der Waals surface area contributed by atoms with E-state index in [1.165, 1.54) is 0 Å². The maximum Gasteiger partial charge on any atom is 0.244 e. The molecule has 120 valence electrons. The van der Waals surface area contributed by atoms with E-state index in [4.69, 9.17) is 0 Å². The van der Waals surface area contributed by atoms with Gasteiger partial charge in [0.15, 0.2) is 0 Å². The summed E-state index contributed by atoms with van der Waals surface area (Å²) in [5.74, 6) is 0.182. The second-order valence-electron chi connectivity index (χ2n) is 5.27. The second-order valence-corrected chi connectivity index (χ2v) is 5.27. The van der Waals surface area contributed by atoms with Crippen LogP contribution in [0.2, 0.25) is 0 Å². The van der Waals surface area contributed by atoms with Gasteiger partial charge in [0, 0.05) is 57.7 Å². The topological polar surface area (TPSA) is 53.4 Å². The molecule has 1 aromatic rings. The Labute approximate surface area is 137 Å². The fourth-order valence-corrected chi connectivity index (χ4v) is 2.95. The Morgan fingerprint density at radius 2 is 2.00 bits per heavy atom. The van der Waals surface area contributed by atoms with Crippen LogP contribution in [0.5, 0.6) is 0 Å². The van der Waals surface area contributed by atoms with Gasteiger partial charge in [0.25, 0.3) is 0 Å². The number of likely N-dealkylation sites (tertiary alicyclic amines) is 1. The predicted molar refractivity (Wildman–Crippen MR) is 86.2 cm³/mol. The molecule has 1 N–H and O–H groups in total. The average molecular weight is 336 g/mol. The molecule has 21 heavy (non-hydrogen) atoms. The third-order valence-electron chi connectivity index (χ3n) is 4.04. The fourth-order valence-electron chi connectivity index (χ4n) is 2.95. The minimum atomic E-state index is 0. The molecule has 3 rings (SSSR count). The molecule has 0 saturated carbocycles. The van der Waals surface area contributed by atoms with Gasteiger partial charge < -0.3 is 10.2 Å². The van der Waals surface area contributed by atoms with Crippen LogP contribution in [0.15, 0.2) is 18.5 Å². The number of carbonyl (C=O) groups is 1. The van der Waals surface area contributed by atoms with Crippen molar-refractivity contribution in [1.29, 1.82) is 0 Å². The molecule has 0 aliphatic carbocycles. The van der Waals surface area contributed by atoms with Gasteiger partial charge in [-0.15, -0.1) is 24.8 Å². The molecule has 0 radical (unpaired) electrons. The quantitative estimate of drug-likeness (QED) is 0.859. The average Bonchev–Trinajstić information content (AvgIpc) is 3.10. The first-order chi connectivity index (χ1) is 9.33. The van der Waals surface area contributed by atoms with E-state index in [2.05, 4.69) is 15.3 Å². The van der Waals surface area contributed by atoms with Crippen molar-refractivity contribution in [2.24, 2.45) is 0 Å². The lowest BCUT2D eigenvalue weighted by atomic mass is 10.2. The van der Waals surface area contributed by atoms with E-state index >= 15 is 0 Å². The molecule has 0 aromatic carbocycles. The lowest BCUT2D eigenvalue weighted by Crippen LogP contribution is -2.49. The molecule has 1 amide bonds. The Bertz CT molecular complexity index is 422. The summed E-state index contributed by atoms with van der Waals surface area (Å²) in [6, 6.07) is 2.39. The summed E-state index contributed by atoms with van der Waals surface area (Å²) in [5.41, 5.74) is 0. The molecule has 1 aromatic heterocycles. The zero-order valence-electron chi connectivity index (χ0n) is 12.0. The summed E-state index contributed by atoms with van der Waals surface area (Å²) in [7, 11) is 0.